The average molecular weight is 315 g/mol. The highest BCUT2D eigenvalue weighted by atomic mass is 16.6. The number of carboxylic acids is 1. The van der Waals surface area contributed by atoms with Gasteiger partial charge in [-0.05, 0) is 32.1 Å². The number of hydrogen-bond donors (Lipinski definition) is 3. The van der Waals surface area contributed by atoms with E-state index in [1.165, 1.54) is 0 Å². The van der Waals surface area contributed by atoms with Gasteiger partial charge in [0.2, 0.25) is 5.91 Å². The number of aliphatic carboxylic acids is 1. The molecule has 3 atom stereocenters. The van der Waals surface area contributed by atoms with Crippen molar-refractivity contribution in [2.45, 2.75) is 45.3 Å². The summed E-state index contributed by atoms with van der Waals surface area (Å²) in [5, 5.41) is 8.79. The fourth-order valence-electron chi connectivity index (χ4n) is 2.39. The molecular formula is C14H25N3O5. The molecule has 2 amide bonds. The molecule has 8 heteroatoms. The SMILES string of the molecule is CC(OC(=O)N1CCC(C(N)=O)CC1)[C@H](C)C[C@H](N)C(=O)O. The second-order valence-electron chi connectivity index (χ2n) is 5.91. The summed E-state index contributed by atoms with van der Waals surface area (Å²) >= 11 is 0. The Kier molecular flexibility index (Phi) is 6.61. The number of carboxylic acid groups (broad SMARTS) is 1. The van der Waals surface area contributed by atoms with Gasteiger partial charge < -0.3 is 26.2 Å². The molecule has 0 aromatic heterocycles. The monoisotopic (exact) mass is 315 g/mol. The number of likely N-dealkylation sites (tertiary alicyclic amines) is 1. The van der Waals surface area contributed by atoms with Crippen molar-refractivity contribution in [1.82, 2.24) is 4.90 Å². The summed E-state index contributed by atoms with van der Waals surface area (Å²) in [7, 11) is 0. The third-order valence-electron chi connectivity index (χ3n) is 4.19. The zero-order chi connectivity index (χ0) is 16.9. The molecule has 1 aliphatic rings. The van der Waals surface area contributed by atoms with Crippen LogP contribution in [0.5, 0.6) is 0 Å². The predicted molar refractivity (Wildman–Crippen MR) is 78.8 cm³/mol. The molecule has 8 nitrogen and oxygen atoms in total. The van der Waals surface area contributed by atoms with Gasteiger partial charge in [0.05, 0.1) is 0 Å². The lowest BCUT2D eigenvalue weighted by atomic mass is 9.96. The first-order valence-electron chi connectivity index (χ1n) is 7.45. The second kappa shape index (κ2) is 7.98. The lowest BCUT2D eigenvalue weighted by Crippen LogP contribution is -2.43. The summed E-state index contributed by atoms with van der Waals surface area (Å²) in [6.45, 7) is 4.37. The Hall–Kier alpha value is -1.83. The summed E-state index contributed by atoms with van der Waals surface area (Å²) in [5.74, 6) is -1.76. The number of nitrogens with zero attached hydrogens (tertiary/aromatic N) is 1. The van der Waals surface area contributed by atoms with Crippen LogP contribution < -0.4 is 11.5 Å². The number of piperidine rings is 1. The Morgan fingerprint density at radius 1 is 1.27 bits per heavy atom. The first kappa shape index (κ1) is 18.2. The summed E-state index contributed by atoms with van der Waals surface area (Å²) in [6, 6.07) is -0.970. The lowest BCUT2D eigenvalue weighted by molar-refractivity contribution is -0.139. The van der Waals surface area contributed by atoms with E-state index >= 15 is 0 Å². The van der Waals surface area contributed by atoms with Gasteiger partial charge in [0.15, 0.2) is 0 Å². The van der Waals surface area contributed by atoms with Gasteiger partial charge in [-0.15, -0.1) is 0 Å². The summed E-state index contributed by atoms with van der Waals surface area (Å²) in [6.07, 6.45) is 0.419. The van der Waals surface area contributed by atoms with Gasteiger partial charge in [0.25, 0.3) is 0 Å². The van der Waals surface area contributed by atoms with Crippen LogP contribution in [-0.2, 0) is 14.3 Å². The number of hydrogen-bond acceptors (Lipinski definition) is 5. The maximum Gasteiger partial charge on any atom is 0.410 e. The van der Waals surface area contributed by atoms with Gasteiger partial charge in [-0.3, -0.25) is 9.59 Å². The van der Waals surface area contributed by atoms with Crippen LogP contribution in [0, 0.1) is 11.8 Å². The van der Waals surface area contributed by atoms with Crippen molar-refractivity contribution < 1.29 is 24.2 Å². The Balaban J connectivity index is 2.41. The van der Waals surface area contributed by atoms with Crippen molar-refractivity contribution in [3.8, 4) is 0 Å². The highest BCUT2D eigenvalue weighted by Crippen LogP contribution is 2.19. The summed E-state index contributed by atoms with van der Waals surface area (Å²) < 4.78 is 5.35. The normalized spacial score (nSPS) is 20.0. The number of carbonyl (C=O) groups excluding carboxylic acids is 2. The molecule has 1 fully saturated rings. The Bertz CT molecular complexity index is 421. The van der Waals surface area contributed by atoms with Crippen molar-refractivity contribution in [2.24, 2.45) is 23.3 Å². The zero-order valence-electron chi connectivity index (χ0n) is 13.0. The zero-order valence-corrected chi connectivity index (χ0v) is 13.0. The Morgan fingerprint density at radius 2 is 1.82 bits per heavy atom. The van der Waals surface area contributed by atoms with Crippen LogP contribution in [0.4, 0.5) is 4.79 Å². The van der Waals surface area contributed by atoms with Gasteiger partial charge in [-0.1, -0.05) is 6.92 Å². The van der Waals surface area contributed by atoms with E-state index in [1.54, 1.807) is 18.7 Å². The summed E-state index contributed by atoms with van der Waals surface area (Å²) in [5.41, 5.74) is 10.7. The van der Waals surface area contributed by atoms with Crippen LogP contribution in [0.15, 0.2) is 0 Å². The number of amides is 2. The molecule has 0 aromatic carbocycles. The van der Waals surface area contributed by atoms with Gasteiger partial charge in [0.1, 0.15) is 12.1 Å². The molecule has 126 valence electrons. The topological polar surface area (TPSA) is 136 Å². The lowest BCUT2D eigenvalue weighted by Gasteiger charge is -2.31. The number of carbonyl (C=O) groups is 3. The van der Waals surface area contributed by atoms with Gasteiger partial charge in [-0.2, -0.15) is 0 Å². The Labute approximate surface area is 129 Å². The van der Waals surface area contributed by atoms with E-state index < -0.39 is 24.2 Å². The van der Waals surface area contributed by atoms with E-state index in [-0.39, 0.29) is 24.2 Å². The van der Waals surface area contributed by atoms with Crippen molar-refractivity contribution in [3.63, 3.8) is 0 Å². The molecule has 0 spiro atoms. The van der Waals surface area contributed by atoms with Gasteiger partial charge in [-0.25, -0.2) is 4.79 Å². The molecule has 0 saturated carbocycles. The molecule has 22 heavy (non-hydrogen) atoms. The van der Waals surface area contributed by atoms with E-state index in [4.69, 9.17) is 21.3 Å². The molecule has 0 radical (unpaired) electrons. The van der Waals surface area contributed by atoms with Gasteiger partial charge >= 0.3 is 12.1 Å². The fraction of sp³-hybridized carbons (Fsp3) is 0.786. The third-order valence-corrected chi connectivity index (χ3v) is 4.19. The van der Waals surface area contributed by atoms with Crippen molar-refractivity contribution >= 4 is 18.0 Å². The van der Waals surface area contributed by atoms with E-state index in [1.807, 2.05) is 0 Å². The molecule has 1 heterocycles. The van der Waals surface area contributed by atoms with Crippen LogP contribution in [0.1, 0.15) is 33.1 Å². The molecule has 1 rings (SSSR count). The largest absolute Gasteiger partial charge is 0.480 e. The maximum atomic E-state index is 12.0. The molecule has 0 aromatic rings. The van der Waals surface area contributed by atoms with Crippen molar-refractivity contribution in [1.29, 1.82) is 0 Å². The van der Waals surface area contributed by atoms with Crippen LogP contribution >= 0.6 is 0 Å². The standard InChI is InChI=1S/C14H25N3O5/c1-8(7-11(15)13(19)20)9(2)22-14(21)17-5-3-10(4-6-17)12(16)18/h8-11H,3-7,15H2,1-2H3,(H2,16,18)(H,19,20)/t8-,9?,11+/m1/s1. The molecule has 0 bridgehead atoms. The van der Waals surface area contributed by atoms with E-state index in [2.05, 4.69) is 0 Å². The number of nitrogens with two attached hydrogens (primary N) is 2. The minimum Gasteiger partial charge on any atom is -0.480 e. The molecule has 1 saturated heterocycles. The van der Waals surface area contributed by atoms with Crippen LogP contribution in [-0.4, -0.2) is 53.2 Å². The van der Waals surface area contributed by atoms with E-state index in [0.717, 1.165) is 0 Å². The van der Waals surface area contributed by atoms with Crippen LogP contribution in [0.25, 0.3) is 0 Å². The average Bonchev–Trinajstić information content (AvgIpc) is 2.46. The first-order chi connectivity index (χ1) is 10.2. The van der Waals surface area contributed by atoms with E-state index in [0.29, 0.717) is 25.9 Å². The predicted octanol–water partition coefficient (Wildman–Crippen LogP) is 0.147. The fourth-order valence-corrected chi connectivity index (χ4v) is 2.39. The second-order valence-corrected chi connectivity index (χ2v) is 5.91. The number of rotatable bonds is 6. The Morgan fingerprint density at radius 3 is 2.27 bits per heavy atom. The highest BCUT2D eigenvalue weighted by Gasteiger charge is 2.29. The van der Waals surface area contributed by atoms with Gasteiger partial charge in [0, 0.05) is 19.0 Å². The van der Waals surface area contributed by atoms with Crippen molar-refractivity contribution in [3.05, 3.63) is 0 Å². The van der Waals surface area contributed by atoms with Crippen LogP contribution in [0.2, 0.25) is 0 Å². The minimum atomic E-state index is -1.07. The first-order valence-corrected chi connectivity index (χ1v) is 7.45. The third kappa shape index (κ3) is 5.18. The van der Waals surface area contributed by atoms with E-state index in [9.17, 15) is 14.4 Å². The smallest absolute Gasteiger partial charge is 0.410 e. The number of primary amides is 1. The molecule has 1 unspecified atom stereocenters. The molecule has 0 aliphatic carbocycles. The quantitative estimate of drug-likeness (QED) is 0.638. The number of ether oxygens (including phenoxy) is 1. The highest BCUT2D eigenvalue weighted by molar-refractivity contribution is 5.77. The maximum absolute atomic E-state index is 12.0. The van der Waals surface area contributed by atoms with Crippen LogP contribution in [0.3, 0.4) is 0 Å². The molecule has 1 aliphatic heterocycles. The minimum absolute atomic E-state index is 0.168. The molecular weight excluding hydrogens is 290 g/mol. The van der Waals surface area contributed by atoms with Crippen molar-refractivity contribution in [2.75, 3.05) is 13.1 Å². The summed E-state index contributed by atoms with van der Waals surface area (Å²) in [4.78, 5) is 35.4. The molecule has 5 N–H and O–H groups in total.